The minimum absolute atomic E-state index is 0.0192. The van der Waals surface area contributed by atoms with Gasteiger partial charge in [0.2, 0.25) is 0 Å². The van der Waals surface area contributed by atoms with Crippen molar-refractivity contribution in [1.82, 2.24) is 0 Å². The molecule has 3 aromatic rings. The molecule has 1 N–H and O–H groups in total. The van der Waals surface area contributed by atoms with E-state index in [1.807, 2.05) is 30.3 Å². The number of hydrogen-bond acceptors (Lipinski definition) is 8. The molecule has 0 unspecified atom stereocenters. The van der Waals surface area contributed by atoms with E-state index in [2.05, 4.69) is 26.5 Å². The average molecular weight is 501 g/mol. The Morgan fingerprint density at radius 2 is 1.81 bits per heavy atom. The number of anilines is 1. The van der Waals surface area contributed by atoms with Crippen LogP contribution in [-0.2, 0) is 6.61 Å². The van der Waals surface area contributed by atoms with Crippen LogP contribution in [0.5, 0.6) is 11.5 Å². The largest absolute Gasteiger partial charge is 0.493 e. The predicted molar refractivity (Wildman–Crippen MR) is 122 cm³/mol. The molecule has 3 rings (SSSR count). The molecule has 0 radical (unpaired) electrons. The zero-order chi connectivity index (χ0) is 23.1. The smallest absolute Gasteiger partial charge is 0.301 e. The van der Waals surface area contributed by atoms with E-state index < -0.39 is 15.5 Å². The summed E-state index contributed by atoms with van der Waals surface area (Å²) in [7, 11) is 1.51. The number of nitrogens with one attached hydrogen (secondary N) is 1. The van der Waals surface area contributed by atoms with Gasteiger partial charge in [-0.3, -0.25) is 25.7 Å². The number of non-ortho nitro benzene ring substituents is 1. The van der Waals surface area contributed by atoms with Crippen LogP contribution in [0.4, 0.5) is 17.1 Å². The van der Waals surface area contributed by atoms with Crippen molar-refractivity contribution in [1.29, 1.82) is 0 Å². The summed E-state index contributed by atoms with van der Waals surface area (Å²) in [6, 6.07) is 16.4. The SMILES string of the molecule is COc1cc(/C=N\Nc2ccc([N+](=O)[O-])cc2[N+](=O)[O-])cc(Br)c1OCc1ccccc1. The fourth-order valence-corrected chi connectivity index (χ4v) is 3.31. The van der Waals surface area contributed by atoms with Gasteiger partial charge in [-0.1, -0.05) is 30.3 Å². The van der Waals surface area contributed by atoms with Gasteiger partial charge in [0.25, 0.3) is 5.69 Å². The fraction of sp³-hybridized carbons (Fsp3) is 0.0952. The average Bonchev–Trinajstić information content (AvgIpc) is 2.78. The molecule has 164 valence electrons. The molecule has 0 saturated heterocycles. The second kappa shape index (κ2) is 10.4. The van der Waals surface area contributed by atoms with Crippen molar-refractivity contribution < 1.29 is 19.3 Å². The van der Waals surface area contributed by atoms with Gasteiger partial charge in [0.15, 0.2) is 11.5 Å². The van der Waals surface area contributed by atoms with Gasteiger partial charge in [0.1, 0.15) is 12.3 Å². The van der Waals surface area contributed by atoms with Gasteiger partial charge in [-0.05, 0) is 45.3 Å². The van der Waals surface area contributed by atoms with E-state index in [0.29, 0.717) is 28.1 Å². The van der Waals surface area contributed by atoms with E-state index in [1.165, 1.54) is 19.4 Å². The third-order valence-electron chi connectivity index (χ3n) is 4.27. The molecule has 0 spiro atoms. The van der Waals surface area contributed by atoms with E-state index in [0.717, 1.165) is 17.7 Å². The molecular formula is C21H17BrN4O6. The molecule has 0 aromatic heterocycles. The van der Waals surface area contributed by atoms with Gasteiger partial charge >= 0.3 is 5.69 Å². The van der Waals surface area contributed by atoms with Crippen LogP contribution in [0, 0.1) is 20.2 Å². The molecule has 11 heteroatoms. The standard InChI is InChI=1S/C21H17BrN4O6/c1-31-20-10-15(9-17(22)21(20)32-13-14-5-3-2-4-6-14)12-23-24-18-8-7-16(25(27)28)11-19(18)26(29)30/h2-12,24H,13H2,1H3/b23-12-. The van der Waals surface area contributed by atoms with Gasteiger partial charge in [-0.2, -0.15) is 5.10 Å². The highest BCUT2D eigenvalue weighted by Crippen LogP contribution is 2.37. The van der Waals surface area contributed by atoms with Crippen molar-refractivity contribution in [2.45, 2.75) is 6.61 Å². The van der Waals surface area contributed by atoms with Gasteiger partial charge in [0, 0.05) is 6.07 Å². The van der Waals surface area contributed by atoms with Crippen LogP contribution in [0.15, 0.2) is 70.2 Å². The Bertz CT molecular complexity index is 1170. The summed E-state index contributed by atoms with van der Waals surface area (Å²) in [6.45, 7) is 0.356. The first-order chi connectivity index (χ1) is 15.4. The predicted octanol–water partition coefficient (Wildman–Crippen LogP) is 5.30. The highest BCUT2D eigenvalue weighted by molar-refractivity contribution is 9.10. The zero-order valence-electron chi connectivity index (χ0n) is 16.7. The first-order valence-corrected chi connectivity index (χ1v) is 9.94. The monoisotopic (exact) mass is 500 g/mol. The topological polar surface area (TPSA) is 129 Å². The Hall–Kier alpha value is -3.99. The third kappa shape index (κ3) is 5.58. The maximum Gasteiger partial charge on any atom is 0.301 e. The van der Waals surface area contributed by atoms with Crippen LogP contribution in [0.25, 0.3) is 0 Å². The number of methoxy groups -OCH3 is 1. The number of hydrazone groups is 1. The lowest BCUT2D eigenvalue weighted by molar-refractivity contribution is -0.393. The normalized spacial score (nSPS) is 10.7. The van der Waals surface area contributed by atoms with E-state index in [4.69, 9.17) is 9.47 Å². The van der Waals surface area contributed by atoms with Crippen LogP contribution in [-0.4, -0.2) is 23.2 Å². The van der Waals surface area contributed by atoms with Crippen LogP contribution in [0.3, 0.4) is 0 Å². The molecule has 0 aliphatic heterocycles. The number of nitro benzene ring substituents is 2. The number of rotatable bonds is 9. The molecular weight excluding hydrogens is 484 g/mol. The molecule has 0 heterocycles. The highest BCUT2D eigenvalue weighted by atomic mass is 79.9. The summed E-state index contributed by atoms with van der Waals surface area (Å²) in [6.07, 6.45) is 1.43. The van der Waals surface area contributed by atoms with Crippen LogP contribution < -0.4 is 14.9 Å². The number of benzene rings is 3. The molecule has 0 amide bonds. The third-order valence-corrected chi connectivity index (χ3v) is 4.85. The van der Waals surface area contributed by atoms with Gasteiger partial charge < -0.3 is 9.47 Å². The summed E-state index contributed by atoms with van der Waals surface area (Å²) in [5, 5.41) is 26.1. The van der Waals surface area contributed by atoms with Crippen molar-refractivity contribution in [2.24, 2.45) is 5.10 Å². The van der Waals surface area contributed by atoms with Crippen molar-refractivity contribution in [3.8, 4) is 11.5 Å². The Morgan fingerprint density at radius 3 is 2.47 bits per heavy atom. The molecule has 32 heavy (non-hydrogen) atoms. The van der Waals surface area contributed by atoms with Crippen LogP contribution >= 0.6 is 15.9 Å². The quantitative estimate of drug-likeness (QED) is 0.239. The second-order valence-electron chi connectivity index (χ2n) is 6.39. The summed E-state index contributed by atoms with van der Waals surface area (Å²) < 4.78 is 11.9. The van der Waals surface area contributed by atoms with Gasteiger partial charge in [0.05, 0.1) is 33.7 Å². The molecule has 0 fully saturated rings. The maximum absolute atomic E-state index is 11.2. The van der Waals surface area contributed by atoms with E-state index in [9.17, 15) is 20.2 Å². The van der Waals surface area contributed by atoms with Crippen molar-refractivity contribution in [2.75, 3.05) is 12.5 Å². The van der Waals surface area contributed by atoms with Crippen LogP contribution in [0.2, 0.25) is 0 Å². The number of hydrogen-bond donors (Lipinski definition) is 1. The molecule has 10 nitrogen and oxygen atoms in total. The molecule has 0 aliphatic rings. The zero-order valence-corrected chi connectivity index (χ0v) is 18.3. The second-order valence-corrected chi connectivity index (χ2v) is 7.25. The van der Waals surface area contributed by atoms with E-state index in [-0.39, 0.29) is 11.4 Å². The number of nitro groups is 2. The highest BCUT2D eigenvalue weighted by Gasteiger charge is 2.19. The lowest BCUT2D eigenvalue weighted by Crippen LogP contribution is -2.00. The molecule has 0 atom stereocenters. The van der Waals surface area contributed by atoms with Gasteiger partial charge in [-0.25, -0.2) is 0 Å². The van der Waals surface area contributed by atoms with Crippen LogP contribution in [0.1, 0.15) is 11.1 Å². The maximum atomic E-state index is 11.2. The first kappa shape index (κ1) is 22.7. The van der Waals surface area contributed by atoms with Crippen molar-refractivity contribution in [3.05, 3.63) is 96.5 Å². The number of ether oxygens (including phenoxy) is 2. The summed E-state index contributed by atoms with van der Waals surface area (Å²) >= 11 is 3.46. The molecule has 0 bridgehead atoms. The van der Waals surface area contributed by atoms with Crippen molar-refractivity contribution in [3.63, 3.8) is 0 Å². The lowest BCUT2D eigenvalue weighted by Gasteiger charge is -2.13. The van der Waals surface area contributed by atoms with Gasteiger partial charge in [-0.15, -0.1) is 0 Å². The Morgan fingerprint density at radius 1 is 1.06 bits per heavy atom. The Kier molecular flexibility index (Phi) is 7.34. The van der Waals surface area contributed by atoms with Crippen molar-refractivity contribution >= 4 is 39.2 Å². The Balaban J connectivity index is 1.77. The lowest BCUT2D eigenvalue weighted by atomic mass is 10.2. The fourth-order valence-electron chi connectivity index (χ4n) is 2.74. The minimum atomic E-state index is -0.719. The molecule has 3 aromatic carbocycles. The Labute approximate surface area is 190 Å². The summed E-state index contributed by atoms with van der Waals surface area (Å²) in [5.74, 6) is 0.991. The van der Waals surface area contributed by atoms with E-state index in [1.54, 1.807) is 12.1 Å². The summed E-state index contributed by atoms with van der Waals surface area (Å²) in [4.78, 5) is 20.6. The minimum Gasteiger partial charge on any atom is -0.493 e. The molecule has 0 saturated carbocycles. The van der Waals surface area contributed by atoms with E-state index >= 15 is 0 Å². The number of halogens is 1. The first-order valence-electron chi connectivity index (χ1n) is 9.15. The molecule has 0 aliphatic carbocycles. The number of nitrogens with zero attached hydrogens (tertiary/aromatic N) is 3. The summed E-state index contributed by atoms with van der Waals surface area (Å²) in [5.41, 5.74) is 3.35.